The lowest BCUT2D eigenvalue weighted by molar-refractivity contribution is 0.0926. The van der Waals surface area contributed by atoms with Gasteiger partial charge in [-0.25, -0.2) is 4.98 Å². The van der Waals surface area contributed by atoms with Crippen LogP contribution >= 0.6 is 15.9 Å². The van der Waals surface area contributed by atoms with E-state index in [9.17, 15) is 4.79 Å². The quantitative estimate of drug-likeness (QED) is 0.757. The summed E-state index contributed by atoms with van der Waals surface area (Å²) in [6.45, 7) is 5.68. The van der Waals surface area contributed by atoms with Gasteiger partial charge in [-0.05, 0) is 49.8 Å². The molecule has 0 aliphatic rings. The summed E-state index contributed by atoms with van der Waals surface area (Å²) in [5, 5.41) is 2.99. The van der Waals surface area contributed by atoms with Gasteiger partial charge in [0, 0.05) is 23.8 Å². The van der Waals surface area contributed by atoms with Crippen LogP contribution in [0.1, 0.15) is 24.2 Å². The molecule has 1 aromatic heterocycles. The molecule has 0 saturated carbocycles. The number of amides is 1. The van der Waals surface area contributed by atoms with Crippen molar-refractivity contribution in [2.24, 2.45) is 5.41 Å². The number of nitrogens with zero attached hydrogens (tertiary/aromatic N) is 2. The highest BCUT2D eigenvalue weighted by Gasteiger charge is 2.21. The lowest BCUT2D eigenvalue weighted by Crippen LogP contribution is -2.40. The van der Waals surface area contributed by atoms with Gasteiger partial charge in [-0.15, -0.1) is 0 Å². The lowest BCUT2D eigenvalue weighted by Gasteiger charge is -2.28. The molecule has 1 aromatic carbocycles. The third kappa shape index (κ3) is 6.14. The van der Waals surface area contributed by atoms with E-state index < -0.39 is 0 Å². The fraction of sp³-hybridized carbons (Fsp3) is 0.368. The summed E-state index contributed by atoms with van der Waals surface area (Å²) >= 11 is 3.41. The molecular formula is C19H24BrN3O2. The fourth-order valence-electron chi connectivity index (χ4n) is 2.61. The van der Waals surface area contributed by atoms with Crippen LogP contribution in [-0.2, 0) is 0 Å². The summed E-state index contributed by atoms with van der Waals surface area (Å²) in [6.07, 6.45) is 1.61. The van der Waals surface area contributed by atoms with E-state index in [1.165, 1.54) is 0 Å². The molecule has 5 nitrogen and oxygen atoms in total. The first-order valence-corrected chi connectivity index (χ1v) is 8.87. The fourth-order valence-corrected chi connectivity index (χ4v) is 2.99. The highest BCUT2D eigenvalue weighted by molar-refractivity contribution is 9.10. The maximum atomic E-state index is 12.6. The Morgan fingerprint density at radius 3 is 2.72 bits per heavy atom. The van der Waals surface area contributed by atoms with Crippen LogP contribution in [0.15, 0.2) is 47.1 Å². The molecule has 1 heterocycles. The SMILES string of the molecule is CN(C)CC(C)(C)CNC(=O)c1cccnc1Oc1cccc(Br)c1. The van der Waals surface area contributed by atoms with Gasteiger partial charge < -0.3 is 15.0 Å². The van der Waals surface area contributed by atoms with E-state index in [0.717, 1.165) is 11.0 Å². The van der Waals surface area contributed by atoms with Gasteiger partial charge in [0.05, 0.1) is 0 Å². The highest BCUT2D eigenvalue weighted by atomic mass is 79.9. The Balaban J connectivity index is 2.10. The number of rotatable bonds is 7. The Bertz CT molecular complexity index is 732. The molecule has 0 bridgehead atoms. The minimum Gasteiger partial charge on any atom is -0.438 e. The average Bonchev–Trinajstić information content (AvgIpc) is 2.52. The molecule has 0 aliphatic heterocycles. The molecule has 6 heteroatoms. The first-order chi connectivity index (χ1) is 11.8. The van der Waals surface area contributed by atoms with Crippen molar-refractivity contribution in [2.75, 3.05) is 27.2 Å². The third-order valence-corrected chi connectivity index (χ3v) is 3.99. The maximum absolute atomic E-state index is 12.6. The second-order valence-corrected chi connectivity index (χ2v) is 7.92. The summed E-state index contributed by atoms with van der Waals surface area (Å²) in [7, 11) is 4.04. The molecular weight excluding hydrogens is 382 g/mol. The van der Waals surface area contributed by atoms with Crippen LogP contribution in [0.3, 0.4) is 0 Å². The first-order valence-electron chi connectivity index (χ1n) is 8.08. The summed E-state index contributed by atoms with van der Waals surface area (Å²) < 4.78 is 6.70. The number of hydrogen-bond acceptors (Lipinski definition) is 4. The molecule has 0 aliphatic carbocycles. The molecule has 25 heavy (non-hydrogen) atoms. The Labute approximate surface area is 157 Å². The number of pyridine rings is 1. The van der Waals surface area contributed by atoms with Gasteiger partial charge in [0.1, 0.15) is 11.3 Å². The number of benzene rings is 1. The zero-order valence-electron chi connectivity index (χ0n) is 15.0. The molecule has 1 amide bonds. The highest BCUT2D eigenvalue weighted by Crippen LogP contribution is 2.25. The largest absolute Gasteiger partial charge is 0.438 e. The molecule has 0 radical (unpaired) electrons. The van der Waals surface area contributed by atoms with Gasteiger partial charge in [0.15, 0.2) is 0 Å². The van der Waals surface area contributed by atoms with Gasteiger partial charge >= 0.3 is 0 Å². The number of ether oxygens (including phenoxy) is 1. The molecule has 0 spiro atoms. The minimum atomic E-state index is -0.190. The van der Waals surface area contributed by atoms with Crippen LogP contribution in [0.25, 0.3) is 0 Å². The molecule has 2 aromatic rings. The van der Waals surface area contributed by atoms with Crippen molar-refractivity contribution in [3.63, 3.8) is 0 Å². The summed E-state index contributed by atoms with van der Waals surface area (Å²) in [4.78, 5) is 18.9. The summed E-state index contributed by atoms with van der Waals surface area (Å²) in [5.41, 5.74) is 0.385. The zero-order chi connectivity index (χ0) is 18.4. The number of halogens is 1. The molecule has 0 saturated heterocycles. The number of hydrogen-bond donors (Lipinski definition) is 1. The Hall–Kier alpha value is -1.92. The van der Waals surface area contributed by atoms with E-state index in [1.54, 1.807) is 18.3 Å². The van der Waals surface area contributed by atoms with Crippen molar-refractivity contribution < 1.29 is 9.53 Å². The van der Waals surface area contributed by atoms with Gasteiger partial charge in [-0.3, -0.25) is 4.79 Å². The molecule has 0 atom stereocenters. The standard InChI is InChI=1S/C19H24BrN3O2/c1-19(2,13-23(3)4)12-22-17(24)16-9-6-10-21-18(16)25-15-8-5-7-14(20)11-15/h5-11H,12-13H2,1-4H3,(H,22,24). The van der Waals surface area contributed by atoms with E-state index >= 15 is 0 Å². The minimum absolute atomic E-state index is 0.0350. The van der Waals surface area contributed by atoms with E-state index in [4.69, 9.17) is 4.74 Å². The van der Waals surface area contributed by atoms with Crippen molar-refractivity contribution in [3.8, 4) is 11.6 Å². The smallest absolute Gasteiger partial charge is 0.256 e. The van der Waals surface area contributed by atoms with Crippen molar-refractivity contribution in [3.05, 3.63) is 52.6 Å². The lowest BCUT2D eigenvalue weighted by atomic mass is 9.93. The summed E-state index contributed by atoms with van der Waals surface area (Å²) in [6, 6.07) is 10.9. The monoisotopic (exact) mass is 405 g/mol. The average molecular weight is 406 g/mol. The van der Waals surface area contributed by atoms with E-state index in [-0.39, 0.29) is 11.3 Å². The van der Waals surface area contributed by atoms with Crippen LogP contribution in [0, 0.1) is 5.41 Å². The van der Waals surface area contributed by atoms with Crippen molar-refractivity contribution >= 4 is 21.8 Å². The number of carbonyl (C=O) groups excluding carboxylic acids is 1. The van der Waals surface area contributed by atoms with Crippen LogP contribution in [0.5, 0.6) is 11.6 Å². The van der Waals surface area contributed by atoms with Crippen molar-refractivity contribution in [2.45, 2.75) is 13.8 Å². The molecule has 0 unspecified atom stereocenters. The van der Waals surface area contributed by atoms with E-state index in [0.29, 0.717) is 23.7 Å². The van der Waals surface area contributed by atoms with Gasteiger partial charge in [-0.2, -0.15) is 0 Å². The summed E-state index contributed by atoms with van der Waals surface area (Å²) in [5.74, 6) is 0.725. The van der Waals surface area contributed by atoms with Gasteiger partial charge in [0.25, 0.3) is 5.91 Å². The van der Waals surface area contributed by atoms with Crippen LogP contribution in [-0.4, -0.2) is 43.0 Å². The van der Waals surface area contributed by atoms with Gasteiger partial charge in [-0.1, -0.05) is 35.8 Å². The van der Waals surface area contributed by atoms with Crippen LogP contribution < -0.4 is 10.1 Å². The number of carbonyl (C=O) groups is 1. The Morgan fingerprint density at radius 1 is 1.28 bits per heavy atom. The molecule has 2 rings (SSSR count). The first kappa shape index (κ1) is 19.4. The Kier molecular flexibility index (Phi) is 6.56. The second kappa shape index (κ2) is 8.45. The van der Waals surface area contributed by atoms with Crippen LogP contribution in [0.4, 0.5) is 0 Å². The van der Waals surface area contributed by atoms with E-state index in [1.807, 2.05) is 38.4 Å². The zero-order valence-corrected chi connectivity index (χ0v) is 16.6. The topological polar surface area (TPSA) is 54.5 Å². The van der Waals surface area contributed by atoms with E-state index in [2.05, 4.69) is 45.0 Å². The van der Waals surface area contributed by atoms with Gasteiger partial charge in [0.2, 0.25) is 5.88 Å². The maximum Gasteiger partial charge on any atom is 0.256 e. The predicted molar refractivity (Wildman–Crippen MR) is 103 cm³/mol. The Morgan fingerprint density at radius 2 is 2.04 bits per heavy atom. The molecule has 134 valence electrons. The third-order valence-electron chi connectivity index (χ3n) is 3.50. The normalized spacial score (nSPS) is 11.4. The molecule has 1 N–H and O–H groups in total. The second-order valence-electron chi connectivity index (χ2n) is 7.00. The van der Waals surface area contributed by atoms with Crippen LogP contribution in [0.2, 0.25) is 0 Å². The van der Waals surface area contributed by atoms with Crippen molar-refractivity contribution in [1.29, 1.82) is 0 Å². The number of aromatic nitrogens is 1. The molecule has 0 fully saturated rings. The predicted octanol–water partition coefficient (Wildman–Crippen LogP) is 3.95. The number of nitrogens with one attached hydrogen (secondary N) is 1. The van der Waals surface area contributed by atoms with Crippen molar-refractivity contribution in [1.82, 2.24) is 15.2 Å².